The number of likely N-dealkylation sites (N-methyl/N-ethyl adjacent to an activating group) is 1. The number of rotatable bonds is 12. The molecule has 1 rings (SSSR count). The van der Waals surface area contributed by atoms with Crippen LogP contribution >= 0.6 is 0 Å². The quantitative estimate of drug-likeness (QED) is 0.601. The van der Waals surface area contributed by atoms with Crippen molar-refractivity contribution in [1.29, 1.82) is 0 Å². The summed E-state index contributed by atoms with van der Waals surface area (Å²) in [7, 11) is 0. The minimum absolute atomic E-state index is 0.654. The second-order valence-corrected chi connectivity index (χ2v) is 5.27. The number of ether oxygens (including phenoxy) is 2. The third kappa shape index (κ3) is 6.67. The normalized spacial score (nSPS) is 11.0. The first-order valence-electron chi connectivity index (χ1n) is 8.56. The monoisotopic (exact) mass is 308 g/mol. The lowest BCUT2D eigenvalue weighted by Gasteiger charge is -2.18. The molecule has 4 nitrogen and oxygen atoms in total. The minimum atomic E-state index is 0.654. The van der Waals surface area contributed by atoms with E-state index < -0.39 is 0 Å². The van der Waals surface area contributed by atoms with Crippen LogP contribution in [-0.2, 0) is 6.54 Å². The van der Waals surface area contributed by atoms with E-state index in [2.05, 4.69) is 43.1 Å². The molecule has 0 aliphatic heterocycles. The molecule has 0 amide bonds. The molecule has 0 aliphatic carbocycles. The maximum atomic E-state index is 5.73. The fourth-order valence-electron chi connectivity index (χ4n) is 2.27. The summed E-state index contributed by atoms with van der Waals surface area (Å²) in [5, 5.41) is 3.49. The minimum Gasteiger partial charge on any atom is -0.490 e. The van der Waals surface area contributed by atoms with Crippen LogP contribution in [0.1, 0.15) is 39.7 Å². The van der Waals surface area contributed by atoms with Crippen molar-refractivity contribution in [2.75, 3.05) is 39.4 Å². The second-order valence-electron chi connectivity index (χ2n) is 5.27. The Morgan fingerprint density at radius 1 is 1.00 bits per heavy atom. The van der Waals surface area contributed by atoms with Gasteiger partial charge in [-0.2, -0.15) is 0 Å². The van der Waals surface area contributed by atoms with Gasteiger partial charge in [0, 0.05) is 19.6 Å². The van der Waals surface area contributed by atoms with Crippen LogP contribution in [0.4, 0.5) is 0 Å². The fourth-order valence-corrected chi connectivity index (χ4v) is 2.27. The van der Waals surface area contributed by atoms with Crippen LogP contribution in [0.15, 0.2) is 18.2 Å². The molecule has 0 radical (unpaired) electrons. The third-order valence-electron chi connectivity index (χ3n) is 3.60. The average molecular weight is 308 g/mol. The van der Waals surface area contributed by atoms with Gasteiger partial charge in [-0.1, -0.05) is 26.8 Å². The molecule has 4 heteroatoms. The molecule has 0 fully saturated rings. The van der Waals surface area contributed by atoms with Gasteiger partial charge >= 0.3 is 0 Å². The molecule has 1 aromatic carbocycles. The van der Waals surface area contributed by atoms with Gasteiger partial charge < -0.3 is 19.7 Å². The van der Waals surface area contributed by atoms with Gasteiger partial charge in [-0.3, -0.25) is 0 Å². The van der Waals surface area contributed by atoms with Crippen molar-refractivity contribution in [3.63, 3.8) is 0 Å². The van der Waals surface area contributed by atoms with Gasteiger partial charge in [-0.15, -0.1) is 0 Å². The smallest absolute Gasteiger partial charge is 0.161 e. The molecule has 0 atom stereocenters. The van der Waals surface area contributed by atoms with Crippen molar-refractivity contribution >= 4 is 0 Å². The Morgan fingerprint density at radius 3 is 2.41 bits per heavy atom. The van der Waals surface area contributed by atoms with Crippen molar-refractivity contribution in [2.24, 2.45) is 0 Å². The zero-order chi connectivity index (χ0) is 16.2. The van der Waals surface area contributed by atoms with E-state index in [1.165, 1.54) is 5.56 Å². The summed E-state index contributed by atoms with van der Waals surface area (Å²) in [6.45, 7) is 15.0. The lowest BCUT2D eigenvalue weighted by Crippen LogP contribution is -2.31. The maximum absolute atomic E-state index is 5.73. The van der Waals surface area contributed by atoms with Crippen molar-refractivity contribution in [3.05, 3.63) is 23.8 Å². The number of nitrogens with one attached hydrogen (secondary N) is 1. The van der Waals surface area contributed by atoms with Crippen molar-refractivity contribution in [1.82, 2.24) is 10.2 Å². The van der Waals surface area contributed by atoms with E-state index in [0.29, 0.717) is 6.61 Å². The van der Waals surface area contributed by atoms with Crippen molar-refractivity contribution < 1.29 is 9.47 Å². The largest absolute Gasteiger partial charge is 0.490 e. The highest BCUT2D eigenvalue weighted by Gasteiger charge is 2.06. The number of benzene rings is 1. The Labute approximate surface area is 135 Å². The number of hydrogen-bond acceptors (Lipinski definition) is 4. The SMILES string of the molecule is CCCOc1ccc(CNCCN(CC)CC)cc1OCC. The molecule has 1 N–H and O–H groups in total. The van der Waals surface area contributed by atoms with Crippen LogP contribution < -0.4 is 14.8 Å². The summed E-state index contributed by atoms with van der Waals surface area (Å²) < 4.78 is 11.4. The van der Waals surface area contributed by atoms with Gasteiger partial charge in [0.1, 0.15) is 0 Å². The van der Waals surface area contributed by atoms with Gasteiger partial charge in [0.05, 0.1) is 13.2 Å². The first-order chi connectivity index (χ1) is 10.7. The van der Waals surface area contributed by atoms with Crippen LogP contribution in [0.25, 0.3) is 0 Å². The van der Waals surface area contributed by atoms with Crippen molar-refractivity contribution in [3.8, 4) is 11.5 Å². The van der Waals surface area contributed by atoms with Crippen LogP contribution in [0.3, 0.4) is 0 Å². The Morgan fingerprint density at radius 2 is 1.77 bits per heavy atom. The average Bonchev–Trinajstić information content (AvgIpc) is 2.54. The molecule has 0 aliphatic rings. The van der Waals surface area contributed by atoms with E-state index in [1.54, 1.807) is 0 Å². The highest BCUT2D eigenvalue weighted by Crippen LogP contribution is 2.28. The lowest BCUT2D eigenvalue weighted by atomic mass is 10.2. The Balaban J connectivity index is 2.51. The van der Waals surface area contributed by atoms with Gasteiger partial charge in [-0.25, -0.2) is 0 Å². The van der Waals surface area contributed by atoms with E-state index >= 15 is 0 Å². The molecule has 0 aromatic heterocycles. The number of nitrogens with zero attached hydrogens (tertiary/aromatic N) is 1. The molecule has 0 spiro atoms. The Hall–Kier alpha value is -1.26. The molecule has 126 valence electrons. The predicted molar refractivity (Wildman–Crippen MR) is 92.9 cm³/mol. The van der Waals surface area contributed by atoms with E-state index in [9.17, 15) is 0 Å². The van der Waals surface area contributed by atoms with Gasteiger partial charge in [0.15, 0.2) is 11.5 Å². The zero-order valence-corrected chi connectivity index (χ0v) is 14.7. The highest BCUT2D eigenvalue weighted by atomic mass is 16.5. The molecule has 0 saturated heterocycles. The zero-order valence-electron chi connectivity index (χ0n) is 14.7. The van der Waals surface area contributed by atoms with Crippen LogP contribution in [-0.4, -0.2) is 44.3 Å². The fraction of sp³-hybridized carbons (Fsp3) is 0.667. The summed E-state index contributed by atoms with van der Waals surface area (Å²) in [5.41, 5.74) is 1.23. The summed E-state index contributed by atoms with van der Waals surface area (Å²) in [4.78, 5) is 2.42. The first kappa shape index (κ1) is 18.8. The Bertz CT molecular complexity index is 406. The van der Waals surface area contributed by atoms with E-state index in [1.807, 2.05) is 13.0 Å². The second kappa shape index (κ2) is 11.3. The van der Waals surface area contributed by atoms with E-state index in [-0.39, 0.29) is 0 Å². The standard InChI is InChI=1S/C18H32N2O2/c1-5-13-22-17-10-9-16(14-18(17)21-8-4)15-19-11-12-20(6-2)7-3/h9-10,14,19H,5-8,11-13,15H2,1-4H3. The lowest BCUT2D eigenvalue weighted by molar-refractivity contribution is 0.276. The summed E-state index contributed by atoms with van der Waals surface area (Å²) in [6, 6.07) is 6.21. The van der Waals surface area contributed by atoms with Gasteiger partial charge in [0.25, 0.3) is 0 Å². The molecule has 1 aromatic rings. The molecule has 0 unspecified atom stereocenters. The topological polar surface area (TPSA) is 33.7 Å². The molecule has 22 heavy (non-hydrogen) atoms. The summed E-state index contributed by atoms with van der Waals surface area (Å²) >= 11 is 0. The van der Waals surface area contributed by atoms with Crippen LogP contribution in [0.2, 0.25) is 0 Å². The third-order valence-corrected chi connectivity index (χ3v) is 3.60. The van der Waals surface area contributed by atoms with E-state index in [0.717, 1.165) is 57.3 Å². The summed E-state index contributed by atoms with van der Waals surface area (Å²) in [5.74, 6) is 1.69. The molecular weight excluding hydrogens is 276 g/mol. The molecule has 0 heterocycles. The molecule has 0 bridgehead atoms. The van der Waals surface area contributed by atoms with Crippen molar-refractivity contribution in [2.45, 2.75) is 40.7 Å². The maximum Gasteiger partial charge on any atom is 0.161 e. The highest BCUT2D eigenvalue weighted by molar-refractivity contribution is 5.43. The van der Waals surface area contributed by atoms with Gasteiger partial charge in [0.2, 0.25) is 0 Å². The number of hydrogen-bond donors (Lipinski definition) is 1. The Kier molecular flexibility index (Phi) is 9.67. The molecular formula is C18H32N2O2. The first-order valence-corrected chi connectivity index (χ1v) is 8.56. The predicted octanol–water partition coefficient (Wildman–Crippen LogP) is 3.31. The van der Waals surface area contributed by atoms with E-state index in [4.69, 9.17) is 9.47 Å². The summed E-state index contributed by atoms with van der Waals surface area (Å²) in [6.07, 6.45) is 1.00. The molecule has 0 saturated carbocycles. The van der Waals surface area contributed by atoms with Crippen LogP contribution in [0.5, 0.6) is 11.5 Å². The van der Waals surface area contributed by atoms with Gasteiger partial charge in [-0.05, 0) is 44.1 Å². The van der Waals surface area contributed by atoms with Crippen LogP contribution in [0, 0.1) is 0 Å².